The van der Waals surface area contributed by atoms with E-state index in [0.29, 0.717) is 10.6 Å². The lowest BCUT2D eigenvalue weighted by molar-refractivity contribution is -0.113. The fourth-order valence-corrected chi connectivity index (χ4v) is 5.00. The van der Waals surface area contributed by atoms with Gasteiger partial charge in [0.15, 0.2) is 0 Å². The van der Waals surface area contributed by atoms with Crippen molar-refractivity contribution in [3.8, 4) is 6.07 Å². The fraction of sp³-hybridized carbons (Fsp3) is 0.296. The smallest absolute Gasteiger partial charge is 0.234 e. The number of benzene rings is 2. The Morgan fingerprint density at radius 2 is 1.75 bits per heavy atom. The molecule has 0 atom stereocenters. The topological polar surface area (TPSA) is 65.8 Å². The molecule has 32 heavy (non-hydrogen) atoms. The average Bonchev–Trinajstić information content (AvgIpc) is 2.83. The molecular formula is C27H27N3OS. The van der Waals surface area contributed by atoms with Gasteiger partial charge in [0, 0.05) is 11.4 Å². The van der Waals surface area contributed by atoms with Crippen molar-refractivity contribution in [1.82, 2.24) is 4.98 Å². The van der Waals surface area contributed by atoms with Gasteiger partial charge in [0.05, 0.1) is 11.3 Å². The summed E-state index contributed by atoms with van der Waals surface area (Å²) in [5, 5.41) is 13.5. The standard InChI is InChI=1S/C27H27N3OS/c1-19-11-14-21(15-12-19)29-26(31)18-32-27-24(17-28)22-9-5-6-10-23(22)25(30-27)16-13-20-7-3-2-4-8-20/h2-4,7-8,11-12,14-15H,5-6,9-10,13,16,18H2,1H3,(H,29,31). The zero-order valence-corrected chi connectivity index (χ0v) is 19.2. The number of aromatic nitrogens is 1. The highest BCUT2D eigenvalue weighted by Crippen LogP contribution is 2.33. The summed E-state index contributed by atoms with van der Waals surface area (Å²) in [5.41, 5.74) is 7.38. The second-order valence-electron chi connectivity index (χ2n) is 8.20. The third-order valence-electron chi connectivity index (χ3n) is 5.85. The quantitative estimate of drug-likeness (QED) is 0.481. The number of nitrogens with one attached hydrogen (secondary N) is 1. The highest BCUT2D eigenvalue weighted by atomic mass is 32.2. The first-order chi connectivity index (χ1) is 15.6. The van der Waals surface area contributed by atoms with Crippen LogP contribution in [0.1, 0.15) is 46.4 Å². The SMILES string of the molecule is Cc1ccc(NC(=O)CSc2nc(CCc3ccccc3)c3c(c2C#N)CCCC3)cc1. The number of carbonyl (C=O) groups excluding carboxylic acids is 1. The number of carbonyl (C=O) groups is 1. The second-order valence-corrected chi connectivity index (χ2v) is 9.17. The molecule has 4 rings (SSSR count). The van der Waals surface area contributed by atoms with Gasteiger partial charge in [-0.15, -0.1) is 0 Å². The molecule has 0 saturated heterocycles. The van der Waals surface area contributed by atoms with E-state index in [1.54, 1.807) is 0 Å². The third kappa shape index (κ3) is 5.38. The Bertz CT molecular complexity index is 1130. The van der Waals surface area contributed by atoms with Crippen LogP contribution in [0, 0.1) is 18.3 Å². The molecule has 5 heteroatoms. The van der Waals surface area contributed by atoms with Gasteiger partial charge in [-0.2, -0.15) is 5.26 Å². The van der Waals surface area contributed by atoms with E-state index in [1.807, 2.05) is 37.3 Å². The lowest BCUT2D eigenvalue weighted by atomic mass is 9.87. The van der Waals surface area contributed by atoms with Crippen LogP contribution in [-0.2, 0) is 30.5 Å². The maximum atomic E-state index is 12.5. The predicted molar refractivity (Wildman–Crippen MR) is 130 cm³/mol. The molecular weight excluding hydrogens is 414 g/mol. The van der Waals surface area contributed by atoms with Crippen LogP contribution >= 0.6 is 11.8 Å². The molecule has 0 saturated carbocycles. The van der Waals surface area contributed by atoms with Crippen LogP contribution < -0.4 is 5.32 Å². The van der Waals surface area contributed by atoms with Crippen molar-refractivity contribution in [2.75, 3.05) is 11.1 Å². The van der Waals surface area contributed by atoms with E-state index in [2.05, 4.69) is 35.7 Å². The Labute approximate surface area is 194 Å². The van der Waals surface area contributed by atoms with Gasteiger partial charge < -0.3 is 5.32 Å². The number of anilines is 1. The maximum Gasteiger partial charge on any atom is 0.234 e. The van der Waals surface area contributed by atoms with Crippen molar-refractivity contribution < 1.29 is 4.79 Å². The van der Waals surface area contributed by atoms with Gasteiger partial charge in [0.1, 0.15) is 11.1 Å². The molecule has 1 N–H and O–H groups in total. The molecule has 4 nitrogen and oxygen atoms in total. The molecule has 0 fully saturated rings. The average molecular weight is 442 g/mol. The molecule has 1 aromatic heterocycles. The van der Waals surface area contributed by atoms with Crippen molar-refractivity contribution in [2.45, 2.75) is 50.5 Å². The summed E-state index contributed by atoms with van der Waals surface area (Å²) in [6.07, 6.45) is 5.92. The van der Waals surface area contributed by atoms with Crippen molar-refractivity contribution in [1.29, 1.82) is 5.26 Å². The number of aryl methyl sites for hydroxylation is 3. The molecule has 1 amide bonds. The van der Waals surface area contributed by atoms with Gasteiger partial charge in [0.25, 0.3) is 0 Å². The first-order valence-electron chi connectivity index (χ1n) is 11.1. The van der Waals surface area contributed by atoms with Gasteiger partial charge in [-0.1, -0.05) is 59.8 Å². The summed E-state index contributed by atoms with van der Waals surface area (Å²) in [7, 11) is 0. The zero-order chi connectivity index (χ0) is 22.3. The van der Waals surface area contributed by atoms with E-state index >= 15 is 0 Å². The van der Waals surface area contributed by atoms with Gasteiger partial charge in [0.2, 0.25) is 5.91 Å². The molecule has 0 unspecified atom stereocenters. The van der Waals surface area contributed by atoms with Gasteiger partial charge in [-0.05, 0) is 74.3 Å². The first kappa shape index (κ1) is 22.1. The van der Waals surface area contributed by atoms with Crippen molar-refractivity contribution in [2.24, 2.45) is 0 Å². The summed E-state index contributed by atoms with van der Waals surface area (Å²) in [6, 6.07) is 20.6. The number of rotatable bonds is 7. The van der Waals surface area contributed by atoms with Crippen molar-refractivity contribution >= 4 is 23.4 Å². The molecule has 1 aliphatic carbocycles. The van der Waals surface area contributed by atoms with E-state index in [1.165, 1.54) is 22.9 Å². The Balaban J connectivity index is 1.53. The molecule has 2 aromatic carbocycles. The number of pyridine rings is 1. The maximum absolute atomic E-state index is 12.5. The summed E-state index contributed by atoms with van der Waals surface area (Å²) in [4.78, 5) is 17.4. The lowest BCUT2D eigenvalue weighted by Crippen LogP contribution is -2.16. The molecule has 0 radical (unpaired) electrons. The molecule has 162 valence electrons. The Kier molecular flexibility index (Phi) is 7.24. The molecule has 0 spiro atoms. The number of fused-ring (bicyclic) bond motifs is 1. The lowest BCUT2D eigenvalue weighted by Gasteiger charge is -2.22. The van der Waals surface area contributed by atoms with Crippen molar-refractivity contribution in [3.63, 3.8) is 0 Å². The Morgan fingerprint density at radius 3 is 2.47 bits per heavy atom. The minimum absolute atomic E-state index is 0.0897. The number of hydrogen-bond acceptors (Lipinski definition) is 4. The van der Waals surface area contributed by atoms with Crippen LogP contribution in [0.5, 0.6) is 0 Å². The summed E-state index contributed by atoms with van der Waals surface area (Å²) in [5.74, 6) is 0.139. The molecule has 1 aliphatic rings. The van der Waals surface area contributed by atoms with Gasteiger partial charge in [-0.25, -0.2) is 4.98 Å². The summed E-state index contributed by atoms with van der Waals surface area (Å²) in [6.45, 7) is 2.02. The zero-order valence-electron chi connectivity index (χ0n) is 18.4. The summed E-state index contributed by atoms with van der Waals surface area (Å²) >= 11 is 1.37. The van der Waals surface area contributed by atoms with Gasteiger partial charge in [-0.3, -0.25) is 4.79 Å². The fourth-order valence-electron chi connectivity index (χ4n) is 4.18. The highest BCUT2D eigenvalue weighted by molar-refractivity contribution is 8.00. The minimum Gasteiger partial charge on any atom is -0.325 e. The molecule has 3 aromatic rings. The van der Waals surface area contributed by atoms with Crippen LogP contribution in [0.4, 0.5) is 5.69 Å². The molecule has 0 aliphatic heterocycles. The largest absolute Gasteiger partial charge is 0.325 e. The van der Waals surface area contributed by atoms with E-state index < -0.39 is 0 Å². The second kappa shape index (κ2) is 10.5. The van der Waals surface area contributed by atoms with Crippen LogP contribution in [0.2, 0.25) is 0 Å². The Morgan fingerprint density at radius 1 is 1.03 bits per heavy atom. The van der Waals surface area contributed by atoms with Crippen LogP contribution in [0.15, 0.2) is 59.6 Å². The minimum atomic E-state index is -0.0897. The van der Waals surface area contributed by atoms with E-state index in [4.69, 9.17) is 4.98 Å². The summed E-state index contributed by atoms with van der Waals surface area (Å²) < 4.78 is 0. The number of hydrogen-bond donors (Lipinski definition) is 1. The Hall–Kier alpha value is -3.10. The van der Waals surface area contributed by atoms with E-state index in [-0.39, 0.29) is 11.7 Å². The van der Waals surface area contributed by atoms with E-state index in [0.717, 1.165) is 61.0 Å². The van der Waals surface area contributed by atoms with Crippen LogP contribution in [0.25, 0.3) is 0 Å². The highest BCUT2D eigenvalue weighted by Gasteiger charge is 2.22. The monoisotopic (exact) mass is 441 g/mol. The van der Waals surface area contributed by atoms with Crippen LogP contribution in [-0.4, -0.2) is 16.6 Å². The normalized spacial score (nSPS) is 12.6. The third-order valence-corrected chi connectivity index (χ3v) is 6.82. The molecule has 1 heterocycles. The van der Waals surface area contributed by atoms with E-state index in [9.17, 15) is 10.1 Å². The number of thioether (sulfide) groups is 1. The predicted octanol–water partition coefficient (Wildman–Crippen LogP) is 5.66. The molecule has 0 bridgehead atoms. The van der Waals surface area contributed by atoms with Crippen molar-refractivity contribution in [3.05, 3.63) is 88.1 Å². The first-order valence-corrected chi connectivity index (χ1v) is 12.1. The van der Waals surface area contributed by atoms with Gasteiger partial charge >= 0.3 is 0 Å². The number of nitrogens with zero attached hydrogens (tertiary/aromatic N) is 2. The number of nitriles is 1. The number of amides is 1. The van der Waals surface area contributed by atoms with Crippen LogP contribution in [0.3, 0.4) is 0 Å².